The van der Waals surface area contributed by atoms with E-state index in [1.165, 1.54) is 0 Å². The van der Waals surface area contributed by atoms with Gasteiger partial charge in [0.05, 0.1) is 27.4 Å². The number of rotatable bonds is 9. The average molecular weight is 368 g/mol. The summed E-state index contributed by atoms with van der Waals surface area (Å²) in [6, 6.07) is 7.45. The van der Waals surface area contributed by atoms with Crippen LogP contribution in [0.2, 0.25) is 0 Å². The minimum absolute atomic E-state index is 0.0155. The zero-order chi connectivity index (χ0) is 19.0. The maximum atomic E-state index is 12.5. The van der Waals surface area contributed by atoms with Gasteiger partial charge in [0.15, 0.2) is 0 Å². The molecular weight excluding hydrogens is 334 g/mol. The molecule has 5 heteroatoms. The Morgan fingerprint density at radius 2 is 1.76 bits per heavy atom. The van der Waals surface area contributed by atoms with Crippen molar-refractivity contribution in [1.29, 1.82) is 0 Å². The lowest BCUT2D eigenvalue weighted by atomic mass is 10.00. The quantitative estimate of drug-likeness (QED) is 0.497. The topological polar surface area (TPSA) is 55.4 Å². The number of nitrogens with one attached hydrogen (secondary N) is 1. The number of ether oxygens (including phenoxy) is 1. The molecule has 0 aliphatic rings. The largest absolute Gasteiger partial charge is 0.459 e. The van der Waals surface area contributed by atoms with Crippen LogP contribution < -0.4 is 4.72 Å². The monoisotopic (exact) mass is 367 g/mol. The summed E-state index contributed by atoms with van der Waals surface area (Å²) in [7, 11) is -1.14. The van der Waals surface area contributed by atoms with Crippen LogP contribution in [0.25, 0.3) is 0 Å². The maximum absolute atomic E-state index is 12.5. The molecule has 0 radical (unpaired) electrons. The Morgan fingerprint density at radius 1 is 1.16 bits per heavy atom. The smallest absolute Gasteiger partial charge is 0.338 e. The van der Waals surface area contributed by atoms with Crippen molar-refractivity contribution < 1.29 is 13.7 Å². The Morgan fingerprint density at radius 3 is 2.24 bits per heavy atom. The van der Waals surface area contributed by atoms with Crippen LogP contribution in [0.3, 0.4) is 0 Å². The van der Waals surface area contributed by atoms with Crippen molar-refractivity contribution in [2.75, 3.05) is 0 Å². The van der Waals surface area contributed by atoms with Crippen molar-refractivity contribution in [2.45, 2.75) is 84.1 Å². The zero-order valence-corrected chi connectivity index (χ0v) is 17.2. The second kappa shape index (κ2) is 10.1. The first kappa shape index (κ1) is 21.8. The van der Waals surface area contributed by atoms with Gasteiger partial charge in [-0.2, -0.15) is 0 Å². The Bertz CT molecular complexity index is 561. The van der Waals surface area contributed by atoms with Crippen LogP contribution in [0.15, 0.2) is 24.3 Å². The molecular formula is C20H33NO3S. The maximum Gasteiger partial charge on any atom is 0.338 e. The number of unbranched alkanes of at least 4 members (excludes halogenated alkanes) is 2. The highest BCUT2D eigenvalue weighted by Crippen LogP contribution is 2.23. The summed E-state index contributed by atoms with van der Waals surface area (Å²) >= 11 is 0. The van der Waals surface area contributed by atoms with Crippen LogP contribution >= 0.6 is 0 Å². The van der Waals surface area contributed by atoms with Gasteiger partial charge in [-0.05, 0) is 58.7 Å². The molecule has 4 nitrogen and oxygen atoms in total. The van der Waals surface area contributed by atoms with Gasteiger partial charge in [-0.25, -0.2) is 13.7 Å². The Labute approximate surface area is 155 Å². The summed E-state index contributed by atoms with van der Waals surface area (Å²) < 4.78 is 20.7. The van der Waals surface area contributed by atoms with Crippen molar-refractivity contribution in [3.05, 3.63) is 35.4 Å². The predicted molar refractivity (Wildman–Crippen MR) is 105 cm³/mol. The van der Waals surface area contributed by atoms with Crippen LogP contribution in [0, 0.1) is 0 Å². The molecule has 0 fully saturated rings. The van der Waals surface area contributed by atoms with Gasteiger partial charge >= 0.3 is 5.97 Å². The third-order valence-electron chi connectivity index (χ3n) is 3.79. The van der Waals surface area contributed by atoms with E-state index in [1.807, 2.05) is 46.8 Å². The van der Waals surface area contributed by atoms with Gasteiger partial charge in [0, 0.05) is 6.04 Å². The molecule has 1 rings (SSSR count). The molecule has 0 aromatic heterocycles. The highest BCUT2D eigenvalue weighted by molar-refractivity contribution is 7.84. The molecule has 0 amide bonds. The fourth-order valence-corrected chi connectivity index (χ4v) is 3.20. The summed E-state index contributed by atoms with van der Waals surface area (Å²) in [5.41, 5.74) is 1.59. The first-order valence-electron chi connectivity index (χ1n) is 9.14. The highest BCUT2D eigenvalue weighted by atomic mass is 32.2. The van der Waals surface area contributed by atoms with Gasteiger partial charge in [-0.1, -0.05) is 38.3 Å². The third-order valence-corrected chi connectivity index (χ3v) is 5.40. The van der Waals surface area contributed by atoms with E-state index in [9.17, 15) is 9.00 Å². The molecule has 0 heterocycles. The van der Waals surface area contributed by atoms with Crippen LogP contribution in [0.1, 0.15) is 89.2 Å². The summed E-state index contributed by atoms with van der Waals surface area (Å²) in [6.07, 6.45) is 4.16. The number of hydrogen-bond acceptors (Lipinski definition) is 3. The lowest BCUT2D eigenvalue weighted by Crippen LogP contribution is -2.35. The van der Waals surface area contributed by atoms with Crippen LogP contribution in [-0.4, -0.2) is 21.0 Å². The molecule has 2 atom stereocenters. The fourth-order valence-electron chi connectivity index (χ4n) is 2.33. The highest BCUT2D eigenvalue weighted by Gasteiger charge is 2.23. The number of carbonyl (C=O) groups excluding carboxylic acids is 1. The van der Waals surface area contributed by atoms with Crippen LogP contribution in [0.4, 0.5) is 0 Å². The lowest BCUT2D eigenvalue weighted by molar-refractivity contribution is 0.0378. The molecule has 0 spiro atoms. The first-order valence-corrected chi connectivity index (χ1v) is 10.3. The molecule has 1 aromatic carbocycles. The van der Waals surface area contributed by atoms with Crippen molar-refractivity contribution in [3.63, 3.8) is 0 Å². The summed E-state index contributed by atoms with van der Waals surface area (Å²) in [6.45, 7) is 11.7. The SMILES string of the molecule is CCCCC[C@@H](NS(=O)C(C)(C)C)c1ccc(C(=O)OC(C)C)cc1. The molecule has 1 unspecified atom stereocenters. The van der Waals surface area contributed by atoms with Gasteiger partial charge in [-0.3, -0.25) is 0 Å². The second-order valence-corrected chi connectivity index (χ2v) is 9.62. The van der Waals surface area contributed by atoms with E-state index >= 15 is 0 Å². The zero-order valence-electron chi connectivity index (χ0n) is 16.4. The number of hydrogen-bond donors (Lipinski definition) is 1. The number of esters is 1. The van der Waals surface area contributed by atoms with E-state index in [0.29, 0.717) is 5.56 Å². The summed E-state index contributed by atoms with van der Waals surface area (Å²) in [5.74, 6) is -0.310. The molecule has 142 valence electrons. The Hall–Kier alpha value is -1.20. The lowest BCUT2D eigenvalue weighted by Gasteiger charge is -2.25. The van der Waals surface area contributed by atoms with Gasteiger partial charge in [0.2, 0.25) is 0 Å². The predicted octanol–water partition coefficient (Wildman–Crippen LogP) is 4.93. The minimum atomic E-state index is -1.14. The second-order valence-electron chi connectivity index (χ2n) is 7.62. The molecule has 0 aliphatic heterocycles. The van der Waals surface area contributed by atoms with Crippen molar-refractivity contribution >= 4 is 17.0 Å². The standard InChI is InChI=1S/C20H33NO3S/c1-7-8-9-10-18(21-25(23)20(4,5)6)16-11-13-17(14-12-16)19(22)24-15(2)3/h11-15,18,21H,7-10H2,1-6H3/t18-,25?/m1/s1. The molecule has 0 saturated carbocycles. The first-order chi connectivity index (χ1) is 11.6. The Kier molecular flexibility index (Phi) is 8.80. The molecule has 0 aliphatic carbocycles. The van der Waals surface area contributed by atoms with Gasteiger partial charge in [-0.15, -0.1) is 0 Å². The summed E-state index contributed by atoms with van der Waals surface area (Å²) in [5, 5.41) is 0. The van der Waals surface area contributed by atoms with Gasteiger partial charge in [0.1, 0.15) is 0 Å². The number of benzene rings is 1. The fraction of sp³-hybridized carbons (Fsp3) is 0.650. The third kappa shape index (κ3) is 7.70. The number of carbonyl (C=O) groups is 1. The molecule has 0 bridgehead atoms. The van der Waals surface area contributed by atoms with Crippen LogP contribution in [0.5, 0.6) is 0 Å². The van der Waals surface area contributed by atoms with Crippen LogP contribution in [-0.2, 0) is 15.7 Å². The molecule has 1 N–H and O–H groups in total. The van der Waals surface area contributed by atoms with E-state index in [0.717, 1.165) is 31.2 Å². The van der Waals surface area contributed by atoms with E-state index in [2.05, 4.69) is 11.6 Å². The summed E-state index contributed by atoms with van der Waals surface area (Å²) in [4.78, 5) is 12.0. The average Bonchev–Trinajstić information content (AvgIpc) is 2.52. The van der Waals surface area contributed by atoms with E-state index in [4.69, 9.17) is 4.74 Å². The van der Waals surface area contributed by atoms with E-state index < -0.39 is 11.0 Å². The molecule has 1 aromatic rings. The molecule has 0 saturated heterocycles. The minimum Gasteiger partial charge on any atom is -0.459 e. The van der Waals surface area contributed by atoms with E-state index in [-0.39, 0.29) is 22.9 Å². The van der Waals surface area contributed by atoms with Gasteiger partial charge < -0.3 is 4.74 Å². The van der Waals surface area contributed by atoms with Crippen molar-refractivity contribution in [2.24, 2.45) is 0 Å². The van der Waals surface area contributed by atoms with Crippen molar-refractivity contribution in [1.82, 2.24) is 4.72 Å². The molecule has 25 heavy (non-hydrogen) atoms. The van der Waals surface area contributed by atoms with Gasteiger partial charge in [0.25, 0.3) is 0 Å². The Balaban J connectivity index is 2.89. The normalized spacial score (nSPS) is 14.4. The van der Waals surface area contributed by atoms with E-state index in [1.54, 1.807) is 12.1 Å². The van der Waals surface area contributed by atoms with Crippen molar-refractivity contribution in [3.8, 4) is 0 Å².